The minimum absolute atomic E-state index is 0.262. The van der Waals surface area contributed by atoms with Crippen molar-refractivity contribution in [3.8, 4) is 0 Å². The van der Waals surface area contributed by atoms with E-state index in [0.29, 0.717) is 24.2 Å². The third-order valence-corrected chi connectivity index (χ3v) is 2.21. The van der Waals surface area contributed by atoms with Crippen molar-refractivity contribution in [3.63, 3.8) is 0 Å². The van der Waals surface area contributed by atoms with Crippen molar-refractivity contribution in [1.82, 2.24) is 0 Å². The summed E-state index contributed by atoms with van der Waals surface area (Å²) in [5.41, 5.74) is -0.734. The molecule has 0 spiro atoms. The number of Topliss-reactive ketones (excluding diaryl/α,β-unsaturated/α-hetero) is 1. The molecule has 0 saturated heterocycles. The fourth-order valence-electron chi connectivity index (χ4n) is 1.40. The van der Waals surface area contributed by atoms with Crippen LogP contribution in [0.4, 0.5) is 0 Å². The number of aliphatic hydroxyl groups excluding tert-OH is 1. The van der Waals surface area contributed by atoms with Gasteiger partial charge in [0, 0.05) is 6.42 Å². The second-order valence-corrected chi connectivity index (χ2v) is 3.99. The van der Waals surface area contributed by atoms with Gasteiger partial charge in [-0.2, -0.15) is 0 Å². The molecule has 0 aromatic heterocycles. The van der Waals surface area contributed by atoms with Crippen LogP contribution in [0.3, 0.4) is 0 Å². The molecular weight excluding hydrogens is 196 g/mol. The van der Waals surface area contributed by atoms with Gasteiger partial charge in [-0.05, 0) is 31.9 Å². The number of hydrogen-bond acceptors (Lipinski definition) is 4. The van der Waals surface area contributed by atoms with Gasteiger partial charge in [-0.15, -0.1) is 0 Å². The Morgan fingerprint density at radius 3 is 2.53 bits per heavy atom. The highest BCUT2D eigenvalue weighted by Gasteiger charge is 2.27. The Morgan fingerprint density at radius 2 is 2.13 bits per heavy atom. The van der Waals surface area contributed by atoms with Crippen LogP contribution in [0.2, 0.25) is 0 Å². The molecular formula is C11H16O4. The molecule has 84 valence electrons. The summed E-state index contributed by atoms with van der Waals surface area (Å²) >= 11 is 0. The fourth-order valence-corrected chi connectivity index (χ4v) is 1.40. The van der Waals surface area contributed by atoms with Gasteiger partial charge < -0.3 is 14.9 Å². The van der Waals surface area contributed by atoms with E-state index in [1.54, 1.807) is 12.2 Å². The Labute approximate surface area is 88.9 Å². The minimum atomic E-state index is -1.32. The summed E-state index contributed by atoms with van der Waals surface area (Å²) in [6.45, 7) is 2.59. The first kappa shape index (κ1) is 11.9. The van der Waals surface area contributed by atoms with Crippen LogP contribution in [0.1, 0.15) is 26.7 Å². The maximum atomic E-state index is 11.6. The standard InChI is InChI=1S/C11H16O4/c1-11(2,14)10(13)8-3-5-9(6-4-8)15-7-12/h3,5,12,14H,4,6-7H2,1-2H3. The zero-order valence-electron chi connectivity index (χ0n) is 8.99. The topological polar surface area (TPSA) is 66.8 Å². The lowest BCUT2D eigenvalue weighted by atomic mass is 9.91. The molecule has 15 heavy (non-hydrogen) atoms. The summed E-state index contributed by atoms with van der Waals surface area (Å²) in [6.07, 6.45) is 4.40. The van der Waals surface area contributed by atoms with Gasteiger partial charge in [-0.3, -0.25) is 4.79 Å². The zero-order chi connectivity index (χ0) is 11.5. The Bertz CT molecular complexity index is 307. The van der Waals surface area contributed by atoms with Crippen LogP contribution in [0, 0.1) is 0 Å². The van der Waals surface area contributed by atoms with Crippen LogP contribution >= 0.6 is 0 Å². The molecule has 0 amide bonds. The van der Waals surface area contributed by atoms with E-state index in [2.05, 4.69) is 0 Å². The summed E-state index contributed by atoms with van der Waals surface area (Å²) in [5, 5.41) is 18.1. The number of hydrogen-bond donors (Lipinski definition) is 2. The molecule has 0 aliphatic heterocycles. The molecule has 4 heteroatoms. The van der Waals surface area contributed by atoms with Gasteiger partial charge in [0.25, 0.3) is 0 Å². The number of carbonyl (C=O) groups excluding carboxylic acids is 1. The molecule has 0 unspecified atom stereocenters. The number of rotatable bonds is 4. The number of carbonyl (C=O) groups is 1. The van der Waals surface area contributed by atoms with E-state index in [-0.39, 0.29) is 12.6 Å². The van der Waals surface area contributed by atoms with Crippen molar-refractivity contribution in [3.05, 3.63) is 23.5 Å². The van der Waals surface area contributed by atoms with Gasteiger partial charge in [0.15, 0.2) is 12.6 Å². The summed E-state index contributed by atoms with van der Waals surface area (Å²) in [5.74, 6) is 0.395. The van der Waals surface area contributed by atoms with Crippen molar-refractivity contribution in [2.45, 2.75) is 32.3 Å². The van der Waals surface area contributed by atoms with E-state index in [1.165, 1.54) is 13.8 Å². The molecule has 0 fully saturated rings. The van der Waals surface area contributed by atoms with Crippen LogP contribution in [0.25, 0.3) is 0 Å². The van der Waals surface area contributed by atoms with Crippen molar-refractivity contribution < 1.29 is 19.7 Å². The molecule has 0 aromatic carbocycles. The molecule has 2 N–H and O–H groups in total. The van der Waals surface area contributed by atoms with Crippen molar-refractivity contribution in [2.75, 3.05) is 6.79 Å². The molecule has 1 aliphatic carbocycles. The van der Waals surface area contributed by atoms with Gasteiger partial charge in [0.2, 0.25) is 0 Å². The number of ether oxygens (including phenoxy) is 1. The normalized spacial score (nSPS) is 16.8. The van der Waals surface area contributed by atoms with E-state index in [4.69, 9.17) is 9.84 Å². The molecule has 1 rings (SSSR count). The van der Waals surface area contributed by atoms with Crippen LogP contribution in [-0.2, 0) is 9.53 Å². The van der Waals surface area contributed by atoms with Crippen LogP contribution in [0.15, 0.2) is 23.5 Å². The lowest BCUT2D eigenvalue weighted by molar-refractivity contribution is -0.130. The van der Waals surface area contributed by atoms with Gasteiger partial charge in [-0.25, -0.2) is 0 Å². The highest BCUT2D eigenvalue weighted by atomic mass is 16.6. The van der Waals surface area contributed by atoms with Crippen LogP contribution in [-0.4, -0.2) is 28.4 Å². The summed E-state index contributed by atoms with van der Waals surface area (Å²) in [4.78, 5) is 11.6. The van der Waals surface area contributed by atoms with Gasteiger partial charge in [-0.1, -0.05) is 6.08 Å². The Kier molecular flexibility index (Phi) is 3.66. The molecule has 0 saturated carbocycles. The molecule has 0 heterocycles. The van der Waals surface area contributed by atoms with Crippen molar-refractivity contribution in [1.29, 1.82) is 0 Å². The van der Waals surface area contributed by atoms with Crippen LogP contribution < -0.4 is 0 Å². The molecule has 4 nitrogen and oxygen atoms in total. The smallest absolute Gasteiger partial charge is 0.189 e. The second-order valence-electron chi connectivity index (χ2n) is 3.99. The summed E-state index contributed by atoms with van der Waals surface area (Å²) in [7, 11) is 0. The Balaban J connectivity index is 2.72. The largest absolute Gasteiger partial charge is 0.472 e. The second kappa shape index (κ2) is 4.59. The quantitative estimate of drug-likeness (QED) is 0.679. The number of allylic oxidation sites excluding steroid dienone is 3. The predicted molar refractivity (Wildman–Crippen MR) is 54.9 cm³/mol. The molecule has 0 bridgehead atoms. The van der Waals surface area contributed by atoms with E-state index < -0.39 is 5.60 Å². The van der Waals surface area contributed by atoms with E-state index in [9.17, 15) is 9.90 Å². The molecule has 0 aromatic rings. The third kappa shape index (κ3) is 3.18. The lowest BCUT2D eigenvalue weighted by Crippen LogP contribution is -2.32. The summed E-state index contributed by atoms with van der Waals surface area (Å²) in [6, 6.07) is 0. The Hall–Kier alpha value is -1.13. The van der Waals surface area contributed by atoms with E-state index >= 15 is 0 Å². The van der Waals surface area contributed by atoms with E-state index in [0.717, 1.165) is 0 Å². The first-order chi connectivity index (χ1) is 6.95. The number of aliphatic hydroxyl groups is 2. The van der Waals surface area contributed by atoms with Gasteiger partial charge in [0.05, 0.1) is 5.76 Å². The third-order valence-electron chi connectivity index (χ3n) is 2.21. The number of ketones is 1. The van der Waals surface area contributed by atoms with Gasteiger partial charge in [0.1, 0.15) is 5.60 Å². The highest BCUT2D eigenvalue weighted by molar-refractivity contribution is 6.01. The maximum Gasteiger partial charge on any atom is 0.189 e. The average Bonchev–Trinajstić information content (AvgIpc) is 2.17. The minimum Gasteiger partial charge on any atom is -0.472 e. The van der Waals surface area contributed by atoms with Crippen molar-refractivity contribution >= 4 is 5.78 Å². The fraction of sp³-hybridized carbons (Fsp3) is 0.545. The summed E-state index contributed by atoms with van der Waals surface area (Å²) < 4.78 is 4.89. The van der Waals surface area contributed by atoms with Gasteiger partial charge >= 0.3 is 0 Å². The molecule has 0 atom stereocenters. The first-order valence-corrected chi connectivity index (χ1v) is 4.85. The zero-order valence-corrected chi connectivity index (χ0v) is 8.99. The molecule has 0 radical (unpaired) electrons. The molecule has 1 aliphatic rings. The predicted octanol–water partition coefficient (Wildman–Crippen LogP) is 0.897. The van der Waals surface area contributed by atoms with Crippen molar-refractivity contribution in [2.24, 2.45) is 0 Å². The maximum absolute atomic E-state index is 11.6. The highest BCUT2D eigenvalue weighted by Crippen LogP contribution is 2.23. The van der Waals surface area contributed by atoms with Crippen LogP contribution in [0.5, 0.6) is 0 Å². The Morgan fingerprint density at radius 1 is 1.47 bits per heavy atom. The SMILES string of the molecule is CC(C)(O)C(=O)C1=CC=C(OCO)CC1. The first-order valence-electron chi connectivity index (χ1n) is 4.85. The van der Waals surface area contributed by atoms with E-state index in [1.807, 2.05) is 0 Å². The lowest BCUT2D eigenvalue weighted by Gasteiger charge is -2.20. The average molecular weight is 212 g/mol. The monoisotopic (exact) mass is 212 g/mol.